The SMILES string of the molecule is CC(C)C(NC(=O)C(CS)NC(=O)C(N)CO)C(=O)NC(CCC(N)=O)C(=O)O. The number of carbonyl (C=O) groups is 5. The van der Waals surface area contributed by atoms with E-state index in [-0.39, 0.29) is 18.6 Å². The molecule has 4 unspecified atom stereocenters. The molecule has 0 heterocycles. The van der Waals surface area contributed by atoms with Gasteiger partial charge < -0.3 is 37.6 Å². The Morgan fingerprint density at radius 2 is 1.52 bits per heavy atom. The predicted octanol–water partition coefficient (Wildman–Crippen LogP) is -3.30. The molecule has 29 heavy (non-hydrogen) atoms. The number of thiol groups is 1. The summed E-state index contributed by atoms with van der Waals surface area (Å²) in [5, 5.41) is 25.1. The second-order valence-electron chi connectivity index (χ2n) is 6.67. The molecule has 0 aromatic heterocycles. The van der Waals surface area contributed by atoms with Crippen LogP contribution in [-0.2, 0) is 24.0 Å². The van der Waals surface area contributed by atoms with Gasteiger partial charge in [0.25, 0.3) is 0 Å². The zero-order valence-corrected chi connectivity index (χ0v) is 17.1. The standard InChI is InChI=1S/C16H29N5O7S/c1-7(2)12(15(26)19-9(16(27)28)3-4-11(18)23)21-14(25)10(6-29)20-13(24)8(17)5-22/h7-10,12,22,29H,3-6,17H2,1-2H3,(H2,18,23)(H,19,26)(H,20,24)(H,21,25)(H,27,28). The number of aliphatic carboxylic acids is 1. The number of nitrogens with one attached hydrogen (secondary N) is 3. The molecule has 0 radical (unpaired) electrons. The van der Waals surface area contributed by atoms with Crippen LogP contribution in [0.1, 0.15) is 26.7 Å². The number of primary amides is 1. The van der Waals surface area contributed by atoms with Crippen molar-refractivity contribution in [1.29, 1.82) is 0 Å². The van der Waals surface area contributed by atoms with E-state index in [1.165, 1.54) is 0 Å². The van der Waals surface area contributed by atoms with Gasteiger partial charge in [0.1, 0.15) is 24.2 Å². The van der Waals surface area contributed by atoms with Gasteiger partial charge in [-0.1, -0.05) is 13.8 Å². The third-order valence-electron chi connectivity index (χ3n) is 3.89. The Morgan fingerprint density at radius 3 is 1.93 bits per heavy atom. The zero-order chi connectivity index (χ0) is 22.7. The lowest BCUT2D eigenvalue weighted by Gasteiger charge is -2.26. The Bertz CT molecular complexity index is 616. The van der Waals surface area contributed by atoms with Gasteiger partial charge in [-0.3, -0.25) is 19.2 Å². The van der Waals surface area contributed by atoms with Gasteiger partial charge in [0.15, 0.2) is 0 Å². The van der Waals surface area contributed by atoms with E-state index in [4.69, 9.17) is 16.6 Å². The van der Waals surface area contributed by atoms with Gasteiger partial charge in [0.05, 0.1) is 6.61 Å². The normalized spacial score (nSPS) is 15.0. The van der Waals surface area contributed by atoms with Crippen LogP contribution < -0.4 is 27.4 Å². The number of carboxylic acid groups (broad SMARTS) is 1. The van der Waals surface area contributed by atoms with E-state index in [0.717, 1.165) is 0 Å². The molecule has 0 bridgehead atoms. The van der Waals surface area contributed by atoms with Gasteiger partial charge in [-0.05, 0) is 12.3 Å². The predicted molar refractivity (Wildman–Crippen MR) is 106 cm³/mol. The molecular weight excluding hydrogens is 406 g/mol. The molecule has 0 aromatic carbocycles. The third kappa shape index (κ3) is 9.58. The molecule has 4 atom stereocenters. The van der Waals surface area contributed by atoms with Gasteiger partial charge in [-0.25, -0.2) is 4.79 Å². The minimum atomic E-state index is -1.36. The van der Waals surface area contributed by atoms with Gasteiger partial charge in [0, 0.05) is 12.2 Å². The fourth-order valence-corrected chi connectivity index (χ4v) is 2.41. The Labute approximate surface area is 173 Å². The quantitative estimate of drug-likeness (QED) is 0.137. The van der Waals surface area contributed by atoms with Crippen LogP contribution >= 0.6 is 12.6 Å². The lowest BCUT2D eigenvalue weighted by Crippen LogP contribution is -2.59. The Balaban J connectivity index is 5.16. The largest absolute Gasteiger partial charge is 0.480 e. The monoisotopic (exact) mass is 435 g/mol. The van der Waals surface area contributed by atoms with Crippen LogP contribution in [-0.4, -0.2) is 76.3 Å². The number of carboxylic acids is 1. The van der Waals surface area contributed by atoms with E-state index in [9.17, 15) is 29.1 Å². The molecule has 0 rings (SSSR count). The molecule has 9 N–H and O–H groups in total. The molecule has 12 nitrogen and oxygen atoms in total. The molecule has 4 amide bonds. The summed E-state index contributed by atoms with van der Waals surface area (Å²) in [5.41, 5.74) is 10.4. The molecule has 166 valence electrons. The topological polar surface area (TPSA) is 214 Å². The zero-order valence-electron chi connectivity index (χ0n) is 16.3. The van der Waals surface area contributed by atoms with Crippen molar-refractivity contribution in [2.24, 2.45) is 17.4 Å². The Hall–Kier alpha value is -2.38. The van der Waals surface area contributed by atoms with Crippen LogP contribution in [0.4, 0.5) is 0 Å². The molecule has 0 saturated heterocycles. The smallest absolute Gasteiger partial charge is 0.326 e. The average molecular weight is 436 g/mol. The van der Waals surface area contributed by atoms with Crippen LogP contribution in [0.25, 0.3) is 0 Å². The number of rotatable bonds is 13. The summed E-state index contributed by atoms with van der Waals surface area (Å²) >= 11 is 3.98. The molecule has 0 aliphatic carbocycles. The van der Waals surface area contributed by atoms with E-state index in [1.54, 1.807) is 13.8 Å². The fourth-order valence-electron chi connectivity index (χ4n) is 2.15. The maximum Gasteiger partial charge on any atom is 0.326 e. The number of hydrogen-bond acceptors (Lipinski definition) is 8. The highest BCUT2D eigenvalue weighted by Crippen LogP contribution is 2.06. The summed E-state index contributed by atoms with van der Waals surface area (Å²) in [6.07, 6.45) is -0.446. The summed E-state index contributed by atoms with van der Waals surface area (Å²) in [5.74, 6) is -4.90. The maximum absolute atomic E-state index is 12.5. The highest BCUT2D eigenvalue weighted by molar-refractivity contribution is 7.80. The molecule has 0 aliphatic heterocycles. The molecular formula is C16H29N5O7S. The van der Waals surface area contributed by atoms with Crippen LogP contribution in [0.15, 0.2) is 0 Å². The first-order valence-electron chi connectivity index (χ1n) is 8.84. The summed E-state index contributed by atoms with van der Waals surface area (Å²) in [6, 6.07) is -4.85. The Morgan fingerprint density at radius 1 is 0.966 bits per heavy atom. The molecule has 0 saturated carbocycles. The summed E-state index contributed by atoms with van der Waals surface area (Å²) in [7, 11) is 0. The molecule has 0 spiro atoms. The second-order valence-corrected chi connectivity index (χ2v) is 7.03. The molecule has 0 aromatic rings. The third-order valence-corrected chi connectivity index (χ3v) is 4.26. The van der Waals surface area contributed by atoms with Crippen molar-refractivity contribution in [3.05, 3.63) is 0 Å². The molecule has 0 fully saturated rings. The summed E-state index contributed by atoms with van der Waals surface area (Å²) in [6.45, 7) is 2.63. The van der Waals surface area contributed by atoms with Gasteiger partial charge >= 0.3 is 5.97 Å². The van der Waals surface area contributed by atoms with Gasteiger partial charge in [-0.15, -0.1) is 0 Å². The first kappa shape index (κ1) is 26.6. The van der Waals surface area contributed by atoms with E-state index in [1.807, 2.05) is 0 Å². The van der Waals surface area contributed by atoms with E-state index in [2.05, 4.69) is 28.6 Å². The van der Waals surface area contributed by atoms with Crippen LogP contribution in [0.2, 0.25) is 0 Å². The maximum atomic E-state index is 12.5. The van der Waals surface area contributed by atoms with Gasteiger partial charge in [-0.2, -0.15) is 12.6 Å². The minimum absolute atomic E-state index is 0.113. The first-order chi connectivity index (χ1) is 13.4. The number of nitrogens with two attached hydrogens (primary N) is 2. The summed E-state index contributed by atoms with van der Waals surface area (Å²) in [4.78, 5) is 58.8. The Kier molecular flexibility index (Phi) is 11.9. The fraction of sp³-hybridized carbons (Fsp3) is 0.688. The van der Waals surface area contributed by atoms with Gasteiger partial charge in [0.2, 0.25) is 23.6 Å². The minimum Gasteiger partial charge on any atom is -0.480 e. The average Bonchev–Trinajstić information content (AvgIpc) is 2.65. The van der Waals surface area contributed by atoms with Crippen molar-refractivity contribution in [3.63, 3.8) is 0 Å². The van der Waals surface area contributed by atoms with Crippen molar-refractivity contribution >= 4 is 42.2 Å². The van der Waals surface area contributed by atoms with Crippen molar-refractivity contribution in [1.82, 2.24) is 16.0 Å². The number of amides is 4. The van der Waals surface area contributed by atoms with Crippen LogP contribution in [0, 0.1) is 5.92 Å². The van der Waals surface area contributed by atoms with E-state index < -0.39 is 66.3 Å². The van der Waals surface area contributed by atoms with E-state index >= 15 is 0 Å². The summed E-state index contributed by atoms with van der Waals surface area (Å²) < 4.78 is 0. The van der Waals surface area contributed by atoms with E-state index in [0.29, 0.717) is 0 Å². The van der Waals surface area contributed by atoms with Crippen molar-refractivity contribution in [3.8, 4) is 0 Å². The number of carbonyl (C=O) groups excluding carboxylic acids is 4. The highest BCUT2D eigenvalue weighted by atomic mass is 32.1. The van der Waals surface area contributed by atoms with Crippen molar-refractivity contribution < 1.29 is 34.2 Å². The number of aliphatic hydroxyl groups is 1. The molecule has 0 aliphatic rings. The second kappa shape index (κ2) is 13.0. The first-order valence-corrected chi connectivity index (χ1v) is 9.47. The highest BCUT2D eigenvalue weighted by Gasteiger charge is 2.31. The lowest BCUT2D eigenvalue weighted by atomic mass is 10.0. The number of aliphatic hydroxyl groups excluding tert-OH is 1. The van der Waals surface area contributed by atoms with Crippen LogP contribution in [0.3, 0.4) is 0 Å². The number of hydrogen-bond donors (Lipinski definition) is 8. The van der Waals surface area contributed by atoms with Crippen LogP contribution in [0.5, 0.6) is 0 Å². The van der Waals surface area contributed by atoms with Crippen molar-refractivity contribution in [2.75, 3.05) is 12.4 Å². The lowest BCUT2D eigenvalue weighted by molar-refractivity contribution is -0.143. The molecule has 13 heteroatoms. The van der Waals surface area contributed by atoms with Crippen molar-refractivity contribution in [2.45, 2.75) is 50.9 Å².